The van der Waals surface area contributed by atoms with Crippen LogP contribution in [0.4, 0.5) is 17.6 Å². The number of methoxy groups -OCH3 is 1. The van der Waals surface area contributed by atoms with Crippen molar-refractivity contribution in [3.63, 3.8) is 0 Å². The number of esters is 4. The lowest BCUT2D eigenvalue weighted by Gasteiger charge is -2.18. The summed E-state index contributed by atoms with van der Waals surface area (Å²) in [5.74, 6) is -1.28. The Morgan fingerprint density at radius 3 is 0.934 bits per heavy atom. The Balaban J connectivity index is 0.000000155. The van der Waals surface area contributed by atoms with E-state index in [1.54, 1.807) is 88.7 Å². The van der Waals surface area contributed by atoms with Crippen LogP contribution in [0.2, 0.25) is 0 Å². The second-order valence-corrected chi connectivity index (χ2v) is 36.7. The van der Waals surface area contributed by atoms with Crippen molar-refractivity contribution in [2.24, 2.45) is 0 Å². The summed E-state index contributed by atoms with van der Waals surface area (Å²) in [6.45, 7) is 16.1. The van der Waals surface area contributed by atoms with Gasteiger partial charge in [0.25, 0.3) is 22.2 Å². The van der Waals surface area contributed by atoms with Crippen LogP contribution in [0, 0.1) is 23.3 Å². The van der Waals surface area contributed by atoms with Gasteiger partial charge in [0.1, 0.15) is 65.6 Å². The van der Waals surface area contributed by atoms with Crippen molar-refractivity contribution in [3.05, 3.63) is 280 Å². The van der Waals surface area contributed by atoms with Gasteiger partial charge in [0.2, 0.25) is 0 Å². The molecule has 1 N–H and O–H groups in total. The van der Waals surface area contributed by atoms with Crippen LogP contribution in [0.25, 0.3) is 108 Å². The maximum atomic E-state index is 14.2. The van der Waals surface area contributed by atoms with Crippen molar-refractivity contribution in [3.8, 4) is 90.3 Å². The lowest BCUT2D eigenvalue weighted by atomic mass is 10.1. The van der Waals surface area contributed by atoms with E-state index in [9.17, 15) is 61.0 Å². The monoisotopic (exact) mass is 2030 g/mol. The number of benzene rings is 8. The minimum Gasteiger partial charge on any atom is -0.507 e. The van der Waals surface area contributed by atoms with E-state index in [0.717, 1.165) is 89.8 Å². The van der Waals surface area contributed by atoms with Crippen molar-refractivity contribution in [2.75, 3.05) is 95.3 Å². The number of aromatic hydroxyl groups is 1. The maximum absolute atomic E-state index is 14.2. The normalized spacial score (nSPS) is 11.1. The van der Waals surface area contributed by atoms with Crippen LogP contribution in [0.1, 0.15) is 54.4 Å². The van der Waals surface area contributed by atoms with Gasteiger partial charge in [-0.15, -0.1) is 56.9 Å². The first-order chi connectivity index (χ1) is 66.5. The topological polar surface area (TPSA) is 296 Å². The summed E-state index contributed by atoms with van der Waals surface area (Å²) < 4.78 is 99.1. The molecule has 0 saturated heterocycles. The highest BCUT2D eigenvalue weighted by atomic mass is 35.5. The van der Waals surface area contributed by atoms with E-state index in [1.807, 2.05) is 88.9 Å². The van der Waals surface area contributed by atoms with E-state index in [0.29, 0.717) is 139 Å². The number of phenolic OH excluding ortho intramolecular Hbond substituents is 1. The highest BCUT2D eigenvalue weighted by molar-refractivity contribution is 8.00. The van der Waals surface area contributed by atoms with Gasteiger partial charge in [0, 0.05) is 78.5 Å². The van der Waals surface area contributed by atoms with Crippen molar-refractivity contribution >= 4 is 169 Å². The predicted octanol–water partition coefficient (Wildman–Crippen LogP) is 21.5. The van der Waals surface area contributed by atoms with Crippen LogP contribution in [0.3, 0.4) is 0 Å². The molecule has 0 radical (unpaired) electrons. The fraction of sp³-hybridized carbons (Fsp3) is 0.232. The standard InChI is InChI=1S/C29H32FN3O4S2.C25H22ClFN2O4S2.C23H19FN2O4S2.C22H17FN2O4S2/c1-4-32(5-2)15-10-16-37-24-14-8-7-13-22(24)23-18-38-27-26(23)28(35)33(21-12-9-11-20(30)17-21)29(31-27)39-19-25(34)36-6-3;1-2-32-21(30)15-35-25-28-23-22(24(31)29(25)17-8-5-7-16(27)13-17)19(14-34-23)18-9-3-4-10-20(18)33-12-6-11-26;1-3-30-19(27)13-32-23-25-21-20(22(28)26(23)15-8-6-7-14(24)11-15)17(12-31-21)16-9-4-5-10-18(16)29-2;1-2-29-18(27)12-31-22-24-20-19(16(11-30-20)15-8-3-4-9-17(15)26)21(28)25(22)14-7-5-6-13(23)10-14/h7-9,11-14,17-18H,4-6,10,15-16,19H2,1-3H3;3-5,7-10,13-14H,2,6,11-12,15H2,1H3;4-12H,3,13H2,1-2H3;3-11,26H,2,12H2,1H3. The number of carbonyl (C=O) groups excluding carboxylic acids is 4. The van der Waals surface area contributed by atoms with Crippen molar-refractivity contribution in [1.82, 2.24) is 43.1 Å². The van der Waals surface area contributed by atoms with E-state index in [2.05, 4.69) is 33.7 Å². The van der Waals surface area contributed by atoms with Crippen molar-refractivity contribution in [1.29, 1.82) is 0 Å². The molecule has 0 atom stereocenters. The van der Waals surface area contributed by atoms with Crippen LogP contribution < -0.4 is 36.4 Å². The number of carbonyl (C=O) groups is 4. The second-order valence-electron chi connectivity index (χ2n) is 29.1. The molecule has 710 valence electrons. The number of thiophene rings is 4. The Bertz CT molecular complexity index is 7270. The Kier molecular flexibility index (Phi) is 36.9. The molecule has 8 heterocycles. The number of hydrogen-bond donors (Lipinski definition) is 1. The highest BCUT2D eigenvalue weighted by Crippen LogP contribution is 2.43. The molecule has 0 aliphatic heterocycles. The number of phenols is 1. The summed E-state index contributed by atoms with van der Waals surface area (Å²) in [4.78, 5) is 126. The number of rotatable bonds is 36. The molecule has 8 aromatic carbocycles. The quantitative estimate of drug-likeness (QED) is 0.00725. The molecular formula is C99H90ClF4N9O16S8. The minimum absolute atomic E-state index is 0.0220. The number of nitrogens with zero attached hydrogens (tertiary/aromatic N) is 9. The molecule has 0 aliphatic carbocycles. The first-order valence-electron chi connectivity index (χ1n) is 43.0. The molecule has 38 heteroatoms. The number of fused-ring (bicyclic) bond motifs is 4. The van der Waals surface area contributed by atoms with Crippen molar-refractivity contribution in [2.45, 2.75) is 75.0 Å². The number of ether oxygens (including phenoxy) is 7. The van der Waals surface area contributed by atoms with Crippen LogP contribution in [-0.4, -0.2) is 167 Å². The highest BCUT2D eigenvalue weighted by Gasteiger charge is 2.28. The summed E-state index contributed by atoms with van der Waals surface area (Å²) in [7, 11) is 1.57. The van der Waals surface area contributed by atoms with Gasteiger partial charge < -0.3 is 43.2 Å². The van der Waals surface area contributed by atoms with Gasteiger partial charge in [0.15, 0.2) is 20.6 Å². The molecule has 16 rings (SSSR count). The van der Waals surface area contributed by atoms with Gasteiger partial charge in [0.05, 0.1) is 114 Å². The fourth-order valence-corrected chi connectivity index (χ4v) is 21.5. The average molecular weight is 2030 g/mol. The van der Waals surface area contributed by atoms with Crippen LogP contribution >= 0.6 is 104 Å². The Labute approximate surface area is 821 Å². The molecule has 0 saturated carbocycles. The molecular weight excluding hydrogens is 1940 g/mol. The summed E-state index contributed by atoms with van der Waals surface area (Å²) in [6.07, 6.45) is 1.57. The number of hydrogen-bond acceptors (Lipinski definition) is 29. The predicted molar refractivity (Wildman–Crippen MR) is 539 cm³/mol. The molecule has 25 nitrogen and oxygen atoms in total. The third kappa shape index (κ3) is 25.1. The average Bonchev–Trinajstić information content (AvgIpc) is 1.69. The number of aromatic nitrogens is 8. The molecule has 0 bridgehead atoms. The zero-order valence-electron chi connectivity index (χ0n) is 74.8. The minimum atomic E-state index is -0.503. The molecule has 0 aliphatic rings. The first kappa shape index (κ1) is 102. The Morgan fingerprint density at radius 1 is 0.372 bits per heavy atom. The molecule has 0 amide bonds. The lowest BCUT2D eigenvalue weighted by Crippen LogP contribution is -2.25. The summed E-state index contributed by atoms with van der Waals surface area (Å²) in [5.41, 5.74) is 5.23. The van der Waals surface area contributed by atoms with E-state index < -0.39 is 52.7 Å². The first-order valence-corrected chi connectivity index (χ1v) is 51.0. The summed E-state index contributed by atoms with van der Waals surface area (Å²) >= 11 is 15.3. The Hall–Kier alpha value is -12.4. The molecule has 8 aromatic heterocycles. The van der Waals surface area contributed by atoms with E-state index >= 15 is 0 Å². The van der Waals surface area contributed by atoms with Crippen LogP contribution in [-0.2, 0) is 38.1 Å². The van der Waals surface area contributed by atoms with Crippen LogP contribution in [0.15, 0.2) is 255 Å². The number of alkyl halides is 1. The van der Waals surface area contributed by atoms with Gasteiger partial charge in [-0.1, -0.05) is 158 Å². The fourth-order valence-electron chi connectivity index (χ4n) is 14.2. The van der Waals surface area contributed by atoms with Gasteiger partial charge in [-0.2, -0.15) is 0 Å². The zero-order chi connectivity index (χ0) is 97.2. The molecule has 0 unspecified atom stereocenters. The molecule has 0 spiro atoms. The second kappa shape index (κ2) is 49.5. The maximum Gasteiger partial charge on any atom is 0.316 e. The number of thioether (sulfide) groups is 4. The largest absolute Gasteiger partial charge is 0.507 e. The smallest absolute Gasteiger partial charge is 0.316 e. The molecule has 0 fully saturated rings. The lowest BCUT2D eigenvalue weighted by molar-refractivity contribution is -0.140. The van der Waals surface area contributed by atoms with Crippen molar-refractivity contribution < 1.29 is 75.0 Å². The number of para-hydroxylation sites is 4. The van der Waals surface area contributed by atoms with E-state index in [-0.39, 0.29) is 87.3 Å². The molecule has 16 aromatic rings. The third-order valence-corrected chi connectivity index (χ3v) is 27.7. The number of halogens is 5. The summed E-state index contributed by atoms with van der Waals surface area (Å²) in [5, 5.41) is 20.3. The Morgan fingerprint density at radius 2 is 0.650 bits per heavy atom. The third-order valence-electron chi connectivity index (χ3n) is 20.3. The summed E-state index contributed by atoms with van der Waals surface area (Å²) in [6, 6.07) is 52.0. The van der Waals surface area contributed by atoms with E-state index in [4.69, 9.17) is 49.7 Å². The molecule has 137 heavy (non-hydrogen) atoms. The van der Waals surface area contributed by atoms with Gasteiger partial charge in [-0.05, 0) is 151 Å². The zero-order valence-corrected chi connectivity index (χ0v) is 82.1. The SMILES string of the molecule is CCOC(=O)CSc1nc2scc(-c3ccccc3O)c2c(=O)n1-c1cccc(F)c1.CCOC(=O)CSc1nc2scc(-c3ccccc3OC)c2c(=O)n1-c1cccc(F)c1.CCOC(=O)CSc1nc2scc(-c3ccccc3OCCCCl)c2c(=O)n1-c1cccc(F)c1.CCOC(=O)CSc1nc2scc(-c3ccccc3OCCCN(CC)CC)c2c(=O)n1-c1cccc(F)c1. The van der Waals surface area contributed by atoms with Gasteiger partial charge in [-0.3, -0.25) is 56.6 Å². The van der Waals surface area contributed by atoms with Gasteiger partial charge in [-0.25, -0.2) is 37.5 Å². The van der Waals surface area contributed by atoms with Crippen LogP contribution in [0.5, 0.6) is 23.0 Å². The van der Waals surface area contributed by atoms with E-state index in [1.165, 1.54) is 136 Å². The van der Waals surface area contributed by atoms with Gasteiger partial charge >= 0.3 is 23.9 Å².